The average Bonchev–Trinajstić information content (AvgIpc) is 2.89. The minimum absolute atomic E-state index is 0.110. The molecular formula is C16H12INO3S. The minimum Gasteiger partial charge on any atom is -0.298 e. The van der Waals surface area contributed by atoms with Crippen molar-refractivity contribution in [2.24, 2.45) is 0 Å². The van der Waals surface area contributed by atoms with Crippen LogP contribution in [0.4, 0.5) is 0 Å². The molecule has 3 rings (SSSR count). The topological polar surface area (TPSA) is 56.1 Å². The first-order chi connectivity index (χ1) is 10.5. The lowest BCUT2D eigenvalue weighted by Crippen LogP contribution is -2.14. The zero-order valence-corrected chi connectivity index (χ0v) is 14.4. The Bertz CT molecular complexity index is 946. The summed E-state index contributed by atoms with van der Waals surface area (Å²) in [5.41, 5.74) is 1.63. The van der Waals surface area contributed by atoms with Crippen LogP contribution in [0.25, 0.3) is 10.9 Å². The number of fused-ring (bicyclic) bond motifs is 1. The number of hydrogen-bond acceptors (Lipinski definition) is 3. The first kappa shape index (κ1) is 15.2. The molecule has 0 N–H and O–H groups in total. The van der Waals surface area contributed by atoms with Crippen molar-refractivity contribution in [1.29, 1.82) is 0 Å². The molecule has 0 bridgehead atoms. The average molecular weight is 425 g/mol. The standard InChI is InChI=1S/C16H12INO3S/c17-14-7-4-8-15-16(14)13(10-19)9-18(15)22(20,21)11-12-5-2-1-3-6-12/h1-10H,11H2. The van der Waals surface area contributed by atoms with Crippen molar-refractivity contribution in [3.05, 3.63) is 69.4 Å². The van der Waals surface area contributed by atoms with E-state index in [2.05, 4.69) is 22.6 Å². The molecule has 0 aliphatic heterocycles. The van der Waals surface area contributed by atoms with Crippen LogP contribution in [-0.2, 0) is 15.8 Å². The number of nitrogens with zero attached hydrogens (tertiary/aromatic N) is 1. The second-order valence-electron chi connectivity index (χ2n) is 4.87. The van der Waals surface area contributed by atoms with Gasteiger partial charge in [0.2, 0.25) is 10.0 Å². The van der Waals surface area contributed by atoms with E-state index in [1.807, 2.05) is 12.1 Å². The molecule has 0 saturated heterocycles. The first-order valence-corrected chi connectivity index (χ1v) is 9.23. The Morgan fingerprint density at radius 2 is 1.77 bits per heavy atom. The summed E-state index contributed by atoms with van der Waals surface area (Å²) in [5, 5.41) is 0.676. The Morgan fingerprint density at radius 1 is 1.05 bits per heavy atom. The lowest BCUT2D eigenvalue weighted by Gasteiger charge is -2.07. The number of rotatable bonds is 4. The van der Waals surface area contributed by atoms with Crippen LogP contribution in [0.2, 0.25) is 0 Å². The van der Waals surface area contributed by atoms with Gasteiger partial charge in [0, 0.05) is 20.7 Å². The molecule has 3 aromatic rings. The SMILES string of the molecule is O=Cc1cn(S(=O)(=O)Cc2ccccc2)c2cccc(I)c12. The van der Waals surface area contributed by atoms with Crippen LogP contribution in [0.3, 0.4) is 0 Å². The number of benzene rings is 2. The summed E-state index contributed by atoms with van der Waals surface area (Å²) < 4.78 is 27.5. The lowest BCUT2D eigenvalue weighted by molar-refractivity contribution is 0.112. The van der Waals surface area contributed by atoms with Gasteiger partial charge in [-0.15, -0.1) is 0 Å². The van der Waals surface area contributed by atoms with Crippen molar-refractivity contribution in [2.75, 3.05) is 0 Å². The third-order valence-electron chi connectivity index (χ3n) is 3.39. The molecule has 0 atom stereocenters. The summed E-state index contributed by atoms with van der Waals surface area (Å²) in [5.74, 6) is -0.110. The van der Waals surface area contributed by atoms with E-state index >= 15 is 0 Å². The molecule has 0 spiro atoms. The number of carbonyl (C=O) groups excluding carboxylic acids is 1. The Labute approximate surface area is 142 Å². The Balaban J connectivity index is 2.18. The molecule has 6 heteroatoms. The van der Waals surface area contributed by atoms with Gasteiger partial charge in [0.15, 0.2) is 6.29 Å². The second kappa shape index (κ2) is 5.85. The number of aromatic nitrogens is 1. The minimum atomic E-state index is -3.59. The zero-order valence-electron chi connectivity index (χ0n) is 11.4. The molecule has 1 aromatic heterocycles. The Morgan fingerprint density at radius 3 is 2.45 bits per heavy atom. The third-order valence-corrected chi connectivity index (χ3v) is 5.89. The second-order valence-corrected chi connectivity index (χ2v) is 7.88. The predicted octanol–water partition coefficient (Wildman–Crippen LogP) is 3.44. The fourth-order valence-electron chi connectivity index (χ4n) is 2.42. The molecule has 22 heavy (non-hydrogen) atoms. The van der Waals surface area contributed by atoms with Crippen molar-refractivity contribution < 1.29 is 13.2 Å². The van der Waals surface area contributed by atoms with Crippen LogP contribution < -0.4 is 0 Å². The van der Waals surface area contributed by atoms with Gasteiger partial charge < -0.3 is 0 Å². The van der Waals surface area contributed by atoms with Crippen molar-refractivity contribution in [3.8, 4) is 0 Å². The third kappa shape index (κ3) is 2.68. The molecular weight excluding hydrogens is 413 g/mol. The summed E-state index contributed by atoms with van der Waals surface area (Å²) >= 11 is 2.11. The van der Waals surface area contributed by atoms with E-state index in [1.165, 1.54) is 10.2 Å². The molecule has 4 nitrogen and oxygen atoms in total. The van der Waals surface area contributed by atoms with Crippen molar-refractivity contribution in [2.45, 2.75) is 5.75 Å². The van der Waals surface area contributed by atoms with Crippen molar-refractivity contribution >= 4 is 49.8 Å². The molecule has 0 radical (unpaired) electrons. The normalized spacial score (nSPS) is 11.7. The van der Waals surface area contributed by atoms with Gasteiger partial charge in [-0.2, -0.15) is 0 Å². The van der Waals surface area contributed by atoms with Crippen LogP contribution >= 0.6 is 22.6 Å². The summed E-state index contributed by atoms with van der Waals surface area (Å²) in [6, 6.07) is 14.3. The highest BCUT2D eigenvalue weighted by Crippen LogP contribution is 2.27. The highest BCUT2D eigenvalue weighted by molar-refractivity contribution is 14.1. The summed E-state index contributed by atoms with van der Waals surface area (Å²) in [7, 11) is -3.59. The van der Waals surface area contributed by atoms with E-state index < -0.39 is 10.0 Å². The number of halogens is 1. The maximum atomic E-state index is 12.7. The number of aldehydes is 1. The molecule has 0 aliphatic carbocycles. The van der Waals surface area contributed by atoms with Gasteiger partial charge in [0.05, 0.1) is 11.3 Å². The molecule has 0 fully saturated rings. The van der Waals surface area contributed by atoms with E-state index in [1.54, 1.807) is 36.4 Å². The van der Waals surface area contributed by atoms with Crippen LogP contribution in [0, 0.1) is 3.57 Å². The van der Waals surface area contributed by atoms with E-state index in [0.717, 1.165) is 3.57 Å². The fraction of sp³-hybridized carbons (Fsp3) is 0.0625. The summed E-state index contributed by atoms with van der Waals surface area (Å²) in [6.07, 6.45) is 2.09. The smallest absolute Gasteiger partial charge is 0.243 e. The Kier molecular flexibility index (Phi) is 4.05. The van der Waals surface area contributed by atoms with Gasteiger partial charge in [0.25, 0.3) is 0 Å². The van der Waals surface area contributed by atoms with E-state index in [-0.39, 0.29) is 5.75 Å². The monoisotopic (exact) mass is 425 g/mol. The molecule has 0 unspecified atom stereocenters. The van der Waals surface area contributed by atoms with Gasteiger partial charge >= 0.3 is 0 Å². The molecule has 0 saturated carbocycles. The van der Waals surface area contributed by atoms with Crippen LogP contribution in [0.1, 0.15) is 15.9 Å². The number of carbonyl (C=O) groups is 1. The highest BCUT2D eigenvalue weighted by atomic mass is 127. The van der Waals surface area contributed by atoms with E-state index in [4.69, 9.17) is 0 Å². The lowest BCUT2D eigenvalue weighted by atomic mass is 10.2. The largest absolute Gasteiger partial charge is 0.298 e. The molecule has 1 heterocycles. The maximum absolute atomic E-state index is 12.7. The number of hydrogen-bond donors (Lipinski definition) is 0. The highest BCUT2D eigenvalue weighted by Gasteiger charge is 2.20. The Hall–Kier alpha value is -1.67. The van der Waals surface area contributed by atoms with Gasteiger partial charge in [0.1, 0.15) is 0 Å². The van der Waals surface area contributed by atoms with E-state index in [9.17, 15) is 13.2 Å². The van der Waals surface area contributed by atoms with Crippen LogP contribution in [0.5, 0.6) is 0 Å². The van der Waals surface area contributed by atoms with Gasteiger partial charge in [-0.3, -0.25) is 4.79 Å². The fourth-order valence-corrected chi connectivity index (χ4v) is 4.69. The van der Waals surface area contributed by atoms with Crippen LogP contribution in [0.15, 0.2) is 54.7 Å². The quantitative estimate of drug-likeness (QED) is 0.476. The van der Waals surface area contributed by atoms with E-state index in [0.29, 0.717) is 28.3 Å². The van der Waals surface area contributed by atoms with Gasteiger partial charge in [-0.05, 0) is 40.3 Å². The predicted molar refractivity (Wildman–Crippen MR) is 94.5 cm³/mol. The summed E-state index contributed by atoms with van der Waals surface area (Å²) in [6.45, 7) is 0. The van der Waals surface area contributed by atoms with Crippen LogP contribution in [-0.4, -0.2) is 18.7 Å². The van der Waals surface area contributed by atoms with Gasteiger partial charge in [-0.1, -0.05) is 36.4 Å². The van der Waals surface area contributed by atoms with Gasteiger partial charge in [-0.25, -0.2) is 12.4 Å². The van der Waals surface area contributed by atoms with Crippen molar-refractivity contribution in [1.82, 2.24) is 3.97 Å². The molecule has 2 aromatic carbocycles. The first-order valence-electron chi connectivity index (χ1n) is 6.55. The van der Waals surface area contributed by atoms with Crippen molar-refractivity contribution in [3.63, 3.8) is 0 Å². The maximum Gasteiger partial charge on any atom is 0.243 e. The molecule has 112 valence electrons. The molecule has 0 amide bonds. The summed E-state index contributed by atoms with van der Waals surface area (Å²) in [4.78, 5) is 11.3. The molecule has 0 aliphatic rings. The zero-order chi connectivity index (χ0) is 15.7.